The first-order chi connectivity index (χ1) is 13.8. The van der Waals surface area contributed by atoms with Crippen molar-refractivity contribution in [2.45, 2.75) is 13.3 Å². The van der Waals surface area contributed by atoms with Crippen molar-refractivity contribution in [2.75, 3.05) is 47.8 Å². The number of anilines is 3. The summed E-state index contributed by atoms with van der Waals surface area (Å²) in [6.07, 6.45) is 4.52. The molecule has 0 spiro atoms. The van der Waals surface area contributed by atoms with Gasteiger partial charge >= 0.3 is 0 Å². The van der Waals surface area contributed by atoms with Crippen molar-refractivity contribution in [3.05, 3.63) is 66.1 Å². The largest absolute Gasteiger partial charge is 0.354 e. The van der Waals surface area contributed by atoms with E-state index in [2.05, 4.69) is 60.4 Å². The molecule has 0 amide bonds. The maximum absolute atomic E-state index is 4.74. The Morgan fingerprint density at radius 2 is 1.61 bits per heavy atom. The summed E-state index contributed by atoms with van der Waals surface area (Å²) in [5, 5.41) is 3.37. The first kappa shape index (κ1) is 18.2. The van der Waals surface area contributed by atoms with Gasteiger partial charge in [-0.3, -0.25) is 0 Å². The fourth-order valence-corrected chi connectivity index (χ4v) is 3.35. The molecule has 1 saturated heterocycles. The fourth-order valence-electron chi connectivity index (χ4n) is 3.35. The molecule has 7 heteroatoms. The highest BCUT2D eigenvalue weighted by Crippen LogP contribution is 2.18. The number of nitrogens with zero attached hydrogens (tertiary/aromatic N) is 6. The Labute approximate surface area is 165 Å². The van der Waals surface area contributed by atoms with Gasteiger partial charge in [-0.1, -0.05) is 30.3 Å². The predicted octanol–water partition coefficient (Wildman–Crippen LogP) is 2.56. The van der Waals surface area contributed by atoms with E-state index in [9.17, 15) is 0 Å². The summed E-state index contributed by atoms with van der Waals surface area (Å²) in [4.78, 5) is 22.5. The van der Waals surface area contributed by atoms with Crippen LogP contribution in [0.1, 0.15) is 11.3 Å². The Morgan fingerprint density at radius 1 is 0.893 bits per heavy atom. The molecule has 0 aliphatic carbocycles. The number of rotatable bonds is 6. The minimum absolute atomic E-state index is 0.694. The minimum atomic E-state index is 0.694. The number of hydrogen-bond donors (Lipinski definition) is 1. The van der Waals surface area contributed by atoms with E-state index in [-0.39, 0.29) is 0 Å². The number of hydrogen-bond acceptors (Lipinski definition) is 7. The molecule has 0 radical (unpaired) electrons. The Kier molecular flexibility index (Phi) is 5.61. The summed E-state index contributed by atoms with van der Waals surface area (Å²) in [6.45, 7) is 6.36. The van der Waals surface area contributed by atoms with Crippen LogP contribution in [-0.2, 0) is 6.42 Å². The van der Waals surface area contributed by atoms with Gasteiger partial charge in [0, 0.05) is 56.9 Å². The molecule has 7 nitrogen and oxygen atoms in total. The van der Waals surface area contributed by atoms with Gasteiger partial charge in [0.1, 0.15) is 5.82 Å². The second-order valence-electron chi connectivity index (χ2n) is 6.88. The third kappa shape index (κ3) is 4.54. The molecule has 1 aliphatic rings. The van der Waals surface area contributed by atoms with Gasteiger partial charge < -0.3 is 15.1 Å². The molecule has 0 atom stereocenters. The first-order valence-electron chi connectivity index (χ1n) is 9.68. The molecule has 0 saturated carbocycles. The molecular formula is C21H25N7. The summed E-state index contributed by atoms with van der Waals surface area (Å²) in [6, 6.07) is 14.3. The zero-order chi connectivity index (χ0) is 19.2. The second-order valence-corrected chi connectivity index (χ2v) is 6.88. The Balaban J connectivity index is 1.36. The highest BCUT2D eigenvalue weighted by molar-refractivity contribution is 5.47. The number of benzene rings is 1. The molecule has 0 bridgehead atoms. The first-order valence-corrected chi connectivity index (χ1v) is 9.68. The van der Waals surface area contributed by atoms with E-state index in [0.717, 1.165) is 56.6 Å². The minimum Gasteiger partial charge on any atom is -0.354 e. The molecule has 1 aliphatic heterocycles. The molecule has 144 valence electrons. The number of aromatic nitrogens is 4. The van der Waals surface area contributed by atoms with Crippen LogP contribution in [0.25, 0.3) is 0 Å². The van der Waals surface area contributed by atoms with E-state index in [1.54, 1.807) is 12.4 Å². The third-order valence-electron chi connectivity index (χ3n) is 4.82. The average Bonchev–Trinajstić information content (AvgIpc) is 2.75. The lowest BCUT2D eigenvalue weighted by Gasteiger charge is -2.35. The molecular weight excluding hydrogens is 350 g/mol. The standard InChI is InChI=1S/C21H25N7/c1-17-16-19(26-20(25-17)22-11-8-18-6-3-2-4-7-18)27-12-14-28(15-13-27)21-23-9-5-10-24-21/h2-7,9-10,16H,8,11-15H2,1H3,(H,22,25,26). The summed E-state index contributed by atoms with van der Waals surface area (Å²) in [5.74, 6) is 2.47. The molecule has 1 N–H and O–H groups in total. The second kappa shape index (κ2) is 8.65. The van der Waals surface area contributed by atoms with Crippen LogP contribution >= 0.6 is 0 Å². The van der Waals surface area contributed by atoms with E-state index in [0.29, 0.717) is 5.95 Å². The Morgan fingerprint density at radius 3 is 2.36 bits per heavy atom. The van der Waals surface area contributed by atoms with Gasteiger partial charge in [0.15, 0.2) is 0 Å². The quantitative estimate of drug-likeness (QED) is 0.710. The van der Waals surface area contributed by atoms with Crippen molar-refractivity contribution >= 4 is 17.7 Å². The highest BCUT2D eigenvalue weighted by Gasteiger charge is 2.20. The van der Waals surface area contributed by atoms with Crippen LogP contribution in [0.15, 0.2) is 54.9 Å². The molecule has 1 aromatic carbocycles. The van der Waals surface area contributed by atoms with Gasteiger partial charge in [0.25, 0.3) is 0 Å². The predicted molar refractivity (Wildman–Crippen MR) is 112 cm³/mol. The molecule has 2 aromatic heterocycles. The smallest absolute Gasteiger partial charge is 0.225 e. The lowest BCUT2D eigenvalue weighted by molar-refractivity contribution is 0.634. The van der Waals surface area contributed by atoms with Crippen molar-refractivity contribution < 1.29 is 0 Å². The summed E-state index contributed by atoms with van der Waals surface area (Å²) in [7, 11) is 0. The normalized spacial score (nSPS) is 14.2. The van der Waals surface area contributed by atoms with Crippen LogP contribution in [0.5, 0.6) is 0 Å². The molecule has 0 unspecified atom stereocenters. The Hall–Kier alpha value is -3.22. The van der Waals surface area contributed by atoms with Crippen molar-refractivity contribution in [3.63, 3.8) is 0 Å². The van der Waals surface area contributed by atoms with Crippen LogP contribution in [0.4, 0.5) is 17.7 Å². The Bertz CT molecular complexity index is 878. The van der Waals surface area contributed by atoms with Gasteiger partial charge in [-0.2, -0.15) is 4.98 Å². The SMILES string of the molecule is Cc1cc(N2CCN(c3ncccn3)CC2)nc(NCCc2ccccc2)n1. The molecule has 4 rings (SSSR count). The zero-order valence-corrected chi connectivity index (χ0v) is 16.1. The van der Waals surface area contributed by atoms with Crippen LogP contribution < -0.4 is 15.1 Å². The molecule has 28 heavy (non-hydrogen) atoms. The van der Waals surface area contributed by atoms with Crippen molar-refractivity contribution in [1.29, 1.82) is 0 Å². The third-order valence-corrected chi connectivity index (χ3v) is 4.82. The van der Waals surface area contributed by atoms with Gasteiger partial charge in [-0.05, 0) is 25.0 Å². The average molecular weight is 375 g/mol. The highest BCUT2D eigenvalue weighted by atomic mass is 15.3. The van der Waals surface area contributed by atoms with Crippen molar-refractivity contribution in [1.82, 2.24) is 19.9 Å². The van der Waals surface area contributed by atoms with Crippen molar-refractivity contribution in [3.8, 4) is 0 Å². The van der Waals surface area contributed by atoms with Gasteiger partial charge in [-0.15, -0.1) is 0 Å². The monoisotopic (exact) mass is 375 g/mol. The van der Waals surface area contributed by atoms with Crippen LogP contribution in [-0.4, -0.2) is 52.7 Å². The molecule has 3 heterocycles. The molecule has 3 aromatic rings. The van der Waals surface area contributed by atoms with E-state index in [1.165, 1.54) is 5.56 Å². The maximum atomic E-state index is 4.74. The summed E-state index contributed by atoms with van der Waals surface area (Å²) >= 11 is 0. The van der Waals surface area contributed by atoms with E-state index >= 15 is 0 Å². The van der Waals surface area contributed by atoms with Crippen LogP contribution in [0, 0.1) is 6.92 Å². The molecule has 1 fully saturated rings. The summed E-state index contributed by atoms with van der Waals surface area (Å²) in [5.41, 5.74) is 2.28. The van der Waals surface area contributed by atoms with E-state index in [4.69, 9.17) is 4.98 Å². The lowest BCUT2D eigenvalue weighted by atomic mass is 10.1. The number of piperazine rings is 1. The van der Waals surface area contributed by atoms with Gasteiger partial charge in [-0.25, -0.2) is 15.0 Å². The van der Waals surface area contributed by atoms with Crippen LogP contribution in [0.2, 0.25) is 0 Å². The van der Waals surface area contributed by atoms with E-state index < -0.39 is 0 Å². The van der Waals surface area contributed by atoms with Crippen molar-refractivity contribution in [2.24, 2.45) is 0 Å². The van der Waals surface area contributed by atoms with Gasteiger partial charge in [0.2, 0.25) is 11.9 Å². The fraction of sp³-hybridized carbons (Fsp3) is 0.333. The number of aryl methyl sites for hydroxylation is 1. The topological polar surface area (TPSA) is 70.1 Å². The lowest BCUT2D eigenvalue weighted by Crippen LogP contribution is -2.47. The number of nitrogens with one attached hydrogen (secondary N) is 1. The van der Waals surface area contributed by atoms with Crippen LogP contribution in [0.3, 0.4) is 0 Å². The zero-order valence-electron chi connectivity index (χ0n) is 16.1. The van der Waals surface area contributed by atoms with Gasteiger partial charge in [0.05, 0.1) is 0 Å². The maximum Gasteiger partial charge on any atom is 0.225 e. The van der Waals surface area contributed by atoms with E-state index in [1.807, 2.05) is 19.1 Å². The summed E-state index contributed by atoms with van der Waals surface area (Å²) < 4.78 is 0.